The molecule has 0 aliphatic heterocycles. The molecule has 0 radical (unpaired) electrons. The minimum atomic E-state index is -0.486. The van der Waals surface area contributed by atoms with E-state index in [2.05, 4.69) is 0 Å². The first-order valence-corrected chi connectivity index (χ1v) is 24.6. The van der Waals surface area contributed by atoms with Gasteiger partial charge in [-0.15, -0.1) is 0 Å². The summed E-state index contributed by atoms with van der Waals surface area (Å²) < 4.78 is 22.6. The van der Waals surface area contributed by atoms with Crippen LogP contribution in [0.2, 0.25) is 0 Å². The van der Waals surface area contributed by atoms with Crippen molar-refractivity contribution in [2.45, 2.75) is 0 Å². The number of ketones is 1. The highest BCUT2D eigenvalue weighted by molar-refractivity contribution is 6.15. The summed E-state index contributed by atoms with van der Waals surface area (Å²) in [5.74, 6) is -0.760. The molecule has 78 heavy (non-hydrogen) atoms. The molecule has 0 saturated heterocycles. The molecule has 11 heteroatoms. The predicted octanol–water partition coefficient (Wildman–Crippen LogP) is 14.1. The summed E-state index contributed by atoms with van der Waals surface area (Å²) in [6.07, 6.45) is 0. The van der Waals surface area contributed by atoms with Crippen LogP contribution in [0.25, 0.3) is 0 Å². The van der Waals surface area contributed by atoms with Crippen molar-refractivity contribution in [2.75, 3.05) is 0 Å². The molecule has 0 N–H and O–H groups in total. The Morgan fingerprint density at radius 3 is 0.641 bits per heavy atom. The topological polar surface area (TPSA) is 147 Å². The Morgan fingerprint density at radius 1 is 0.218 bits per heavy atom. The molecule has 0 saturated carbocycles. The maximum atomic E-state index is 14.0. The molecular weight excluding hydrogens is 977 g/mol. The molecule has 0 aromatic heterocycles. The van der Waals surface area contributed by atoms with Gasteiger partial charge in [0.05, 0.1) is 45.1 Å². The molecule has 0 amide bonds. The number of esters is 4. The molecule has 0 aliphatic carbocycles. The van der Waals surface area contributed by atoms with Crippen molar-refractivity contribution in [3.63, 3.8) is 0 Å². The molecule has 0 fully saturated rings. The fourth-order valence-electron chi connectivity index (χ4n) is 8.08. The Balaban J connectivity index is 0.887. The van der Waals surface area contributed by atoms with E-state index in [1.54, 1.807) is 243 Å². The third kappa shape index (κ3) is 12.7. The minimum Gasteiger partial charge on any atom is -0.423 e. The maximum Gasteiger partial charge on any atom is 0.343 e. The number of carbonyl (C=O) groups excluding carboxylic acids is 5. The first-order chi connectivity index (χ1) is 38.2. The standard InChI is InChI=1S/C67H44N2O9/c70-63(49-21-33-55(34-22-49)68-61(45-25-37-57(38-26-45)75-64(71)51-13-5-1-6-14-51)46-27-39-58(40-28-46)76-65(72)52-15-7-2-8-16-52)50-23-35-56(36-24-50)69-62(47-29-41-59(42-30-47)77-66(73)53-17-9-3-10-18-53)48-31-43-60(44-32-48)78-67(74)54-19-11-4-12-20-54/h1-44H. The second-order valence-electron chi connectivity index (χ2n) is 17.5. The number of carbonyl (C=O) groups is 5. The molecular formula is C67H44N2O9. The summed E-state index contributed by atoms with van der Waals surface area (Å²) in [6, 6.07) is 76.7. The Labute approximate surface area is 449 Å². The molecule has 10 aromatic carbocycles. The Hall–Kier alpha value is -10.9. The first kappa shape index (κ1) is 50.6. The van der Waals surface area contributed by atoms with Crippen molar-refractivity contribution in [3.8, 4) is 23.0 Å². The summed E-state index contributed by atoms with van der Waals surface area (Å²) in [6.45, 7) is 0. The lowest BCUT2D eigenvalue weighted by molar-refractivity contribution is 0.0725. The summed E-state index contributed by atoms with van der Waals surface area (Å²) in [5, 5.41) is 0. The van der Waals surface area contributed by atoms with Crippen molar-refractivity contribution < 1.29 is 42.9 Å². The van der Waals surface area contributed by atoms with Crippen molar-refractivity contribution in [1.82, 2.24) is 0 Å². The zero-order valence-electron chi connectivity index (χ0n) is 41.5. The van der Waals surface area contributed by atoms with Crippen molar-refractivity contribution >= 4 is 52.5 Å². The summed E-state index contributed by atoms with van der Waals surface area (Å²) in [5.41, 5.74) is 7.63. The third-order valence-corrected chi connectivity index (χ3v) is 12.1. The quantitative estimate of drug-likeness (QED) is 0.0399. The monoisotopic (exact) mass is 1020 g/mol. The average Bonchev–Trinajstić information content (AvgIpc) is 3.50. The van der Waals surface area contributed by atoms with Gasteiger partial charge in [0, 0.05) is 33.4 Å². The summed E-state index contributed by atoms with van der Waals surface area (Å²) in [4.78, 5) is 75.3. The fourth-order valence-corrected chi connectivity index (χ4v) is 8.08. The number of ether oxygens (including phenoxy) is 4. The number of rotatable bonds is 16. The average molecular weight is 1020 g/mol. The highest BCUT2D eigenvalue weighted by atomic mass is 16.5. The Kier molecular flexibility index (Phi) is 15.6. The second kappa shape index (κ2) is 24.0. The summed E-state index contributed by atoms with van der Waals surface area (Å²) in [7, 11) is 0. The van der Waals surface area contributed by atoms with Gasteiger partial charge in [-0.25, -0.2) is 29.2 Å². The fraction of sp³-hybridized carbons (Fsp3) is 0. The van der Waals surface area contributed by atoms with Gasteiger partial charge in [0.1, 0.15) is 23.0 Å². The van der Waals surface area contributed by atoms with Crippen LogP contribution < -0.4 is 18.9 Å². The van der Waals surface area contributed by atoms with Crippen LogP contribution >= 0.6 is 0 Å². The minimum absolute atomic E-state index is 0.218. The van der Waals surface area contributed by atoms with Crippen LogP contribution in [0.5, 0.6) is 23.0 Å². The molecule has 0 bridgehead atoms. The molecule has 0 heterocycles. The number of benzene rings is 10. The third-order valence-electron chi connectivity index (χ3n) is 12.1. The number of hydrogen-bond acceptors (Lipinski definition) is 11. The van der Waals surface area contributed by atoms with Gasteiger partial charge in [-0.2, -0.15) is 0 Å². The largest absolute Gasteiger partial charge is 0.423 e. The van der Waals surface area contributed by atoms with Crippen molar-refractivity contribution in [1.29, 1.82) is 0 Å². The van der Waals surface area contributed by atoms with E-state index in [-0.39, 0.29) is 5.78 Å². The van der Waals surface area contributed by atoms with Crippen molar-refractivity contribution in [3.05, 3.63) is 323 Å². The highest BCUT2D eigenvalue weighted by Gasteiger charge is 2.17. The zero-order chi connectivity index (χ0) is 53.6. The van der Waals surface area contributed by atoms with E-state index in [4.69, 9.17) is 28.9 Å². The van der Waals surface area contributed by atoms with Gasteiger partial charge < -0.3 is 18.9 Å². The van der Waals surface area contributed by atoms with Crippen LogP contribution in [-0.4, -0.2) is 41.1 Å². The van der Waals surface area contributed by atoms with Gasteiger partial charge in [0.2, 0.25) is 0 Å². The Bertz CT molecular complexity index is 3340. The van der Waals surface area contributed by atoms with E-state index < -0.39 is 23.9 Å². The normalized spacial score (nSPS) is 10.6. The second-order valence-corrected chi connectivity index (χ2v) is 17.5. The lowest BCUT2D eigenvalue weighted by atomic mass is 10.0. The molecule has 10 rings (SSSR count). The van der Waals surface area contributed by atoms with Crippen LogP contribution in [0.4, 0.5) is 11.4 Å². The van der Waals surface area contributed by atoms with Gasteiger partial charge in [0.25, 0.3) is 0 Å². The molecule has 0 spiro atoms. The lowest BCUT2D eigenvalue weighted by Crippen LogP contribution is -2.09. The van der Waals surface area contributed by atoms with E-state index in [0.717, 1.165) is 0 Å². The van der Waals surface area contributed by atoms with Crippen LogP contribution in [0, 0.1) is 0 Å². The van der Waals surface area contributed by atoms with Crippen LogP contribution in [0.15, 0.2) is 277 Å². The smallest absolute Gasteiger partial charge is 0.343 e. The number of hydrogen-bond donors (Lipinski definition) is 0. The van der Waals surface area contributed by atoms with E-state index in [9.17, 15) is 24.0 Å². The van der Waals surface area contributed by atoms with Crippen LogP contribution in [0.1, 0.15) is 79.6 Å². The number of nitrogens with zero attached hydrogens (tertiary/aromatic N) is 2. The van der Waals surface area contributed by atoms with Crippen LogP contribution in [0.3, 0.4) is 0 Å². The van der Waals surface area contributed by atoms with Gasteiger partial charge >= 0.3 is 23.9 Å². The van der Waals surface area contributed by atoms with E-state index in [1.165, 1.54) is 0 Å². The summed E-state index contributed by atoms with van der Waals surface area (Å²) >= 11 is 0. The SMILES string of the molecule is O=C(Oc1ccc(C(=Nc2ccc(C(=O)c3ccc(N=C(c4ccc(OC(=O)c5ccccc5)cc4)c4ccc(OC(=O)c5ccccc5)cc4)cc3)cc2)c2ccc(OC(=O)c3ccccc3)cc2)cc1)c1ccccc1. The molecule has 0 aliphatic rings. The first-order valence-electron chi connectivity index (χ1n) is 24.6. The molecule has 376 valence electrons. The molecule has 11 nitrogen and oxygen atoms in total. The van der Waals surface area contributed by atoms with Gasteiger partial charge in [-0.1, -0.05) is 72.8 Å². The maximum absolute atomic E-state index is 14.0. The highest BCUT2D eigenvalue weighted by Crippen LogP contribution is 2.27. The molecule has 10 aromatic rings. The van der Waals surface area contributed by atoms with E-state index >= 15 is 0 Å². The molecule has 0 atom stereocenters. The van der Waals surface area contributed by atoms with E-state index in [0.29, 0.717) is 101 Å². The van der Waals surface area contributed by atoms with Gasteiger partial charge in [-0.3, -0.25) is 4.79 Å². The van der Waals surface area contributed by atoms with Crippen molar-refractivity contribution in [2.24, 2.45) is 9.98 Å². The predicted molar refractivity (Wildman–Crippen MR) is 298 cm³/mol. The Morgan fingerprint density at radius 2 is 0.423 bits per heavy atom. The lowest BCUT2D eigenvalue weighted by Gasteiger charge is -2.11. The van der Waals surface area contributed by atoms with E-state index in [1.807, 2.05) is 24.3 Å². The van der Waals surface area contributed by atoms with Gasteiger partial charge in [-0.05, 0) is 194 Å². The van der Waals surface area contributed by atoms with Gasteiger partial charge in [0.15, 0.2) is 5.78 Å². The molecule has 0 unspecified atom stereocenters. The number of aliphatic imine (C=N–C) groups is 2. The van der Waals surface area contributed by atoms with Crippen LogP contribution in [-0.2, 0) is 0 Å². The zero-order valence-corrected chi connectivity index (χ0v) is 41.5.